The summed E-state index contributed by atoms with van der Waals surface area (Å²) in [5.74, 6) is -0.795. The predicted octanol–water partition coefficient (Wildman–Crippen LogP) is 2.06. The summed E-state index contributed by atoms with van der Waals surface area (Å²) in [6.07, 6.45) is 7.03. The molecule has 1 saturated heterocycles. The van der Waals surface area contributed by atoms with Crippen molar-refractivity contribution < 1.29 is 14.4 Å². The molecular formula is C14H22N2O3. The molecule has 19 heavy (non-hydrogen) atoms. The minimum absolute atomic E-state index is 0.311. The van der Waals surface area contributed by atoms with Gasteiger partial charge in [-0.05, 0) is 18.8 Å². The zero-order chi connectivity index (χ0) is 13.8. The molecule has 106 valence electrons. The monoisotopic (exact) mass is 266 g/mol. The smallest absolute Gasteiger partial charge is 0.277 e. The number of rotatable bonds is 5. The number of nitrogens with zero attached hydrogens (tertiary/aromatic N) is 1. The molecule has 1 N–H and O–H groups in total. The van der Waals surface area contributed by atoms with Crippen LogP contribution in [0.3, 0.4) is 0 Å². The molecule has 2 rings (SSSR count). The summed E-state index contributed by atoms with van der Waals surface area (Å²) in [7, 11) is 0. The topological polar surface area (TPSA) is 66.5 Å². The number of urea groups is 1. The molecule has 0 aromatic carbocycles. The lowest BCUT2D eigenvalue weighted by Gasteiger charge is -2.30. The molecule has 0 bridgehead atoms. The summed E-state index contributed by atoms with van der Waals surface area (Å²) >= 11 is 0. The van der Waals surface area contributed by atoms with Crippen LogP contribution >= 0.6 is 0 Å². The summed E-state index contributed by atoms with van der Waals surface area (Å²) in [6, 6.07) is -0.541. The number of imide groups is 2. The number of carbonyl (C=O) groups excluding carboxylic acids is 3. The largest absolute Gasteiger partial charge is 0.330 e. The quantitative estimate of drug-likeness (QED) is 0.774. The van der Waals surface area contributed by atoms with E-state index in [4.69, 9.17) is 0 Å². The third-order valence-corrected chi connectivity index (χ3v) is 4.17. The number of barbiturate groups is 1. The van der Waals surface area contributed by atoms with Crippen LogP contribution in [-0.2, 0) is 9.59 Å². The Bertz CT molecular complexity index is 375. The maximum atomic E-state index is 12.2. The van der Waals surface area contributed by atoms with Gasteiger partial charge in [0.05, 0.1) is 0 Å². The Kier molecular flexibility index (Phi) is 4.56. The van der Waals surface area contributed by atoms with E-state index in [0.717, 1.165) is 12.8 Å². The second kappa shape index (κ2) is 6.17. The van der Waals surface area contributed by atoms with Gasteiger partial charge in [-0.15, -0.1) is 0 Å². The third kappa shape index (κ3) is 3.14. The first-order valence-electron chi connectivity index (χ1n) is 7.29. The van der Waals surface area contributed by atoms with Gasteiger partial charge in [-0.2, -0.15) is 0 Å². The predicted molar refractivity (Wildman–Crippen MR) is 70.2 cm³/mol. The van der Waals surface area contributed by atoms with Gasteiger partial charge in [-0.25, -0.2) is 4.79 Å². The van der Waals surface area contributed by atoms with Crippen molar-refractivity contribution >= 4 is 17.8 Å². The Morgan fingerprint density at radius 1 is 1.16 bits per heavy atom. The van der Waals surface area contributed by atoms with E-state index in [2.05, 4.69) is 5.32 Å². The maximum Gasteiger partial charge on any atom is 0.330 e. The first-order chi connectivity index (χ1) is 9.13. The first kappa shape index (κ1) is 14.0. The second-order valence-corrected chi connectivity index (χ2v) is 5.56. The van der Waals surface area contributed by atoms with Crippen LogP contribution < -0.4 is 5.32 Å². The fourth-order valence-corrected chi connectivity index (χ4v) is 3.03. The van der Waals surface area contributed by atoms with E-state index < -0.39 is 17.9 Å². The molecule has 0 aromatic heterocycles. The number of hydrogen-bond acceptors (Lipinski definition) is 3. The highest BCUT2D eigenvalue weighted by Crippen LogP contribution is 2.28. The minimum Gasteiger partial charge on any atom is -0.277 e. The van der Waals surface area contributed by atoms with E-state index in [0.29, 0.717) is 18.9 Å². The zero-order valence-electron chi connectivity index (χ0n) is 11.5. The number of carbonyl (C=O) groups is 3. The van der Waals surface area contributed by atoms with Crippen molar-refractivity contribution in [3.63, 3.8) is 0 Å². The van der Waals surface area contributed by atoms with Crippen molar-refractivity contribution in [2.24, 2.45) is 11.8 Å². The number of hydrogen-bond donors (Lipinski definition) is 1. The van der Waals surface area contributed by atoms with Gasteiger partial charge in [0.25, 0.3) is 0 Å². The van der Waals surface area contributed by atoms with Crippen LogP contribution in [0.1, 0.15) is 51.9 Å². The van der Waals surface area contributed by atoms with E-state index in [1.54, 1.807) is 0 Å². The normalized spacial score (nSPS) is 25.0. The zero-order valence-corrected chi connectivity index (χ0v) is 11.5. The summed E-state index contributed by atoms with van der Waals surface area (Å²) in [5.41, 5.74) is 0. The summed E-state index contributed by atoms with van der Waals surface area (Å²) in [6.45, 7) is 2.38. The van der Waals surface area contributed by atoms with Crippen molar-refractivity contribution in [2.45, 2.75) is 51.9 Å². The molecule has 0 spiro atoms. The molecule has 1 heterocycles. The summed E-state index contributed by atoms with van der Waals surface area (Å²) in [4.78, 5) is 36.8. The van der Waals surface area contributed by atoms with Crippen LogP contribution in [0, 0.1) is 11.8 Å². The van der Waals surface area contributed by atoms with E-state index in [-0.39, 0.29) is 5.91 Å². The van der Waals surface area contributed by atoms with Crippen LogP contribution in [-0.4, -0.2) is 29.3 Å². The standard InChI is InChI=1S/C14H22N2O3/c1-2-5-11-12(17)15-14(19)16(13(11)18)9-8-10-6-3-4-7-10/h10-11H,2-9H2,1H3,(H,15,17,19). The lowest BCUT2D eigenvalue weighted by atomic mass is 9.98. The molecule has 5 nitrogen and oxygen atoms in total. The first-order valence-corrected chi connectivity index (χ1v) is 7.29. The van der Waals surface area contributed by atoms with Crippen molar-refractivity contribution in [2.75, 3.05) is 6.54 Å². The Labute approximate surface area is 113 Å². The molecule has 1 saturated carbocycles. The molecule has 1 aliphatic heterocycles. The molecule has 4 amide bonds. The van der Waals surface area contributed by atoms with Gasteiger partial charge in [-0.1, -0.05) is 39.0 Å². The van der Waals surface area contributed by atoms with Gasteiger partial charge in [0.2, 0.25) is 11.8 Å². The average molecular weight is 266 g/mol. The Morgan fingerprint density at radius 3 is 2.47 bits per heavy atom. The lowest BCUT2D eigenvalue weighted by molar-refractivity contribution is -0.143. The van der Waals surface area contributed by atoms with Gasteiger partial charge in [0.1, 0.15) is 5.92 Å². The molecule has 1 aliphatic carbocycles. The van der Waals surface area contributed by atoms with Crippen LogP contribution in [0.25, 0.3) is 0 Å². The lowest BCUT2D eigenvalue weighted by Crippen LogP contribution is -2.58. The molecular weight excluding hydrogens is 244 g/mol. The van der Waals surface area contributed by atoms with Crippen molar-refractivity contribution in [1.29, 1.82) is 0 Å². The molecule has 1 unspecified atom stereocenters. The average Bonchev–Trinajstić information content (AvgIpc) is 2.87. The van der Waals surface area contributed by atoms with Crippen LogP contribution in [0.15, 0.2) is 0 Å². The number of nitrogens with one attached hydrogen (secondary N) is 1. The fraction of sp³-hybridized carbons (Fsp3) is 0.786. The SMILES string of the molecule is CCCC1C(=O)NC(=O)N(CCC2CCCC2)C1=O. The van der Waals surface area contributed by atoms with Gasteiger partial charge in [-0.3, -0.25) is 19.8 Å². The number of amides is 4. The second-order valence-electron chi connectivity index (χ2n) is 5.56. The highest BCUT2D eigenvalue weighted by atomic mass is 16.2. The molecule has 1 atom stereocenters. The summed E-state index contributed by atoms with van der Waals surface area (Å²) in [5, 5.41) is 2.30. The van der Waals surface area contributed by atoms with Crippen LogP contribution in [0.4, 0.5) is 4.79 Å². The van der Waals surface area contributed by atoms with E-state index in [1.807, 2.05) is 6.92 Å². The van der Waals surface area contributed by atoms with Crippen LogP contribution in [0.5, 0.6) is 0 Å². The van der Waals surface area contributed by atoms with Crippen molar-refractivity contribution in [3.8, 4) is 0 Å². The highest BCUT2D eigenvalue weighted by molar-refractivity contribution is 6.16. The third-order valence-electron chi connectivity index (χ3n) is 4.17. The molecule has 0 radical (unpaired) electrons. The van der Waals surface area contributed by atoms with E-state index >= 15 is 0 Å². The van der Waals surface area contributed by atoms with Crippen LogP contribution in [0.2, 0.25) is 0 Å². The molecule has 2 fully saturated rings. The highest BCUT2D eigenvalue weighted by Gasteiger charge is 2.39. The molecule has 2 aliphatic rings. The molecule has 5 heteroatoms. The van der Waals surface area contributed by atoms with E-state index in [9.17, 15) is 14.4 Å². The van der Waals surface area contributed by atoms with Gasteiger partial charge in [0, 0.05) is 6.54 Å². The van der Waals surface area contributed by atoms with Gasteiger partial charge in [0.15, 0.2) is 0 Å². The van der Waals surface area contributed by atoms with Gasteiger partial charge >= 0.3 is 6.03 Å². The molecule has 0 aromatic rings. The minimum atomic E-state index is -0.675. The Hall–Kier alpha value is -1.39. The van der Waals surface area contributed by atoms with E-state index in [1.165, 1.54) is 30.6 Å². The Balaban J connectivity index is 1.95. The fourth-order valence-electron chi connectivity index (χ4n) is 3.03. The van der Waals surface area contributed by atoms with Gasteiger partial charge < -0.3 is 0 Å². The maximum absolute atomic E-state index is 12.2. The van der Waals surface area contributed by atoms with Crippen molar-refractivity contribution in [1.82, 2.24) is 10.2 Å². The van der Waals surface area contributed by atoms with Crippen molar-refractivity contribution in [3.05, 3.63) is 0 Å². The summed E-state index contributed by atoms with van der Waals surface area (Å²) < 4.78 is 0. The Morgan fingerprint density at radius 2 is 1.84 bits per heavy atom.